The van der Waals surface area contributed by atoms with Gasteiger partial charge in [-0.1, -0.05) is 61.9 Å². The van der Waals surface area contributed by atoms with Gasteiger partial charge in [0.25, 0.3) is 5.91 Å². The first-order chi connectivity index (χ1) is 16.5. The molecule has 7 nitrogen and oxygen atoms in total. The number of carbonyl (C=O) groups excluding carboxylic acids is 2. The van der Waals surface area contributed by atoms with Gasteiger partial charge in [-0.2, -0.15) is 0 Å². The van der Waals surface area contributed by atoms with E-state index in [1.807, 2.05) is 31.2 Å². The molecule has 0 heterocycles. The first kappa shape index (κ1) is 23.0. The molecule has 0 radical (unpaired) electrons. The summed E-state index contributed by atoms with van der Waals surface area (Å²) in [7, 11) is 0. The lowest BCUT2D eigenvalue weighted by atomic mass is 9.98. The zero-order valence-electron chi connectivity index (χ0n) is 18.8. The molecule has 0 saturated carbocycles. The highest BCUT2D eigenvalue weighted by molar-refractivity contribution is 5.97. The summed E-state index contributed by atoms with van der Waals surface area (Å²) in [4.78, 5) is 36.0. The maximum Gasteiger partial charge on any atom is 0.411 e. The Bertz CT molecular complexity index is 1160. The summed E-state index contributed by atoms with van der Waals surface area (Å²) in [6.45, 7) is 2.06. The quantitative estimate of drug-likeness (QED) is 0.439. The molecular formula is C27H26N2O5. The fourth-order valence-corrected chi connectivity index (χ4v) is 4.24. The molecule has 0 aliphatic heterocycles. The molecule has 0 aromatic heterocycles. The molecule has 1 atom stereocenters. The number of carboxylic acid groups (broad SMARTS) is 1. The molecule has 0 saturated heterocycles. The smallest absolute Gasteiger partial charge is 0.411 e. The predicted octanol–water partition coefficient (Wildman–Crippen LogP) is 5.03. The number of fused-ring (bicyclic) bond motifs is 3. The maximum absolute atomic E-state index is 12.4. The van der Waals surface area contributed by atoms with Crippen LogP contribution in [0.2, 0.25) is 0 Å². The Labute approximate surface area is 197 Å². The molecular weight excluding hydrogens is 432 g/mol. The third kappa shape index (κ3) is 4.93. The summed E-state index contributed by atoms with van der Waals surface area (Å²) in [6, 6.07) is 21.5. The van der Waals surface area contributed by atoms with Crippen molar-refractivity contribution in [1.29, 1.82) is 0 Å². The number of rotatable bonds is 8. The number of hydrogen-bond acceptors (Lipinski definition) is 4. The van der Waals surface area contributed by atoms with Gasteiger partial charge in [0, 0.05) is 17.2 Å². The van der Waals surface area contributed by atoms with Gasteiger partial charge < -0.3 is 15.2 Å². The highest BCUT2D eigenvalue weighted by atomic mass is 16.5. The van der Waals surface area contributed by atoms with E-state index in [2.05, 4.69) is 34.9 Å². The summed E-state index contributed by atoms with van der Waals surface area (Å²) in [6.07, 6.45) is 0.399. The second-order valence-corrected chi connectivity index (χ2v) is 8.18. The van der Waals surface area contributed by atoms with Crippen LogP contribution in [0, 0.1) is 0 Å². The fourth-order valence-electron chi connectivity index (χ4n) is 4.24. The monoisotopic (exact) mass is 458 g/mol. The normalized spacial score (nSPS) is 12.9. The van der Waals surface area contributed by atoms with Gasteiger partial charge in [-0.25, -0.2) is 9.59 Å². The standard InChI is InChI=1S/C27H26N2O5/c1-2-7-24(26(31)32)29-25(30)17-12-14-18(15-13-17)28-27(33)34-16-23-21-10-5-3-8-19(21)20-9-4-6-11-22(20)23/h3-6,8-15,23-24H,2,7,16H2,1H3,(H,28,33)(H,29,30)(H,31,32)/t24-/m1/s1. The van der Waals surface area contributed by atoms with Crippen LogP contribution in [0.15, 0.2) is 72.8 Å². The van der Waals surface area contributed by atoms with Gasteiger partial charge in [-0.15, -0.1) is 0 Å². The van der Waals surface area contributed by atoms with E-state index in [9.17, 15) is 19.5 Å². The topological polar surface area (TPSA) is 105 Å². The van der Waals surface area contributed by atoms with Crippen molar-refractivity contribution in [3.8, 4) is 11.1 Å². The summed E-state index contributed by atoms with van der Waals surface area (Å²) >= 11 is 0. The van der Waals surface area contributed by atoms with Crippen LogP contribution in [0.4, 0.5) is 10.5 Å². The third-order valence-corrected chi connectivity index (χ3v) is 5.92. The molecule has 0 bridgehead atoms. The molecule has 4 rings (SSSR count). The Morgan fingerprint density at radius 2 is 1.50 bits per heavy atom. The average Bonchev–Trinajstić information content (AvgIpc) is 3.16. The van der Waals surface area contributed by atoms with Crippen molar-refractivity contribution in [2.24, 2.45) is 0 Å². The Morgan fingerprint density at radius 3 is 2.06 bits per heavy atom. The number of nitrogens with one attached hydrogen (secondary N) is 2. The van der Waals surface area contributed by atoms with Crippen molar-refractivity contribution in [2.45, 2.75) is 31.7 Å². The number of hydrogen-bond donors (Lipinski definition) is 3. The summed E-state index contributed by atoms with van der Waals surface area (Å²) < 4.78 is 5.53. The number of anilines is 1. The van der Waals surface area contributed by atoms with E-state index in [4.69, 9.17) is 4.74 Å². The lowest BCUT2D eigenvalue weighted by molar-refractivity contribution is -0.139. The van der Waals surface area contributed by atoms with Crippen LogP contribution in [0.3, 0.4) is 0 Å². The summed E-state index contributed by atoms with van der Waals surface area (Å²) in [5, 5.41) is 14.4. The SMILES string of the molecule is CCC[C@@H](NC(=O)c1ccc(NC(=O)OCC2c3ccccc3-c3ccccc32)cc1)C(=O)O. The first-order valence-corrected chi connectivity index (χ1v) is 11.2. The minimum absolute atomic E-state index is 0.0328. The largest absolute Gasteiger partial charge is 0.480 e. The highest BCUT2D eigenvalue weighted by Gasteiger charge is 2.29. The van der Waals surface area contributed by atoms with Crippen LogP contribution in [0.1, 0.15) is 47.2 Å². The number of carbonyl (C=O) groups is 3. The second-order valence-electron chi connectivity index (χ2n) is 8.18. The molecule has 0 fully saturated rings. The minimum Gasteiger partial charge on any atom is -0.480 e. The molecule has 7 heteroatoms. The molecule has 174 valence electrons. The molecule has 3 N–H and O–H groups in total. The predicted molar refractivity (Wildman–Crippen MR) is 129 cm³/mol. The van der Waals surface area contributed by atoms with Gasteiger partial charge in [0.2, 0.25) is 0 Å². The molecule has 3 aromatic rings. The van der Waals surface area contributed by atoms with Crippen LogP contribution in [0.25, 0.3) is 11.1 Å². The van der Waals surface area contributed by atoms with E-state index in [0.717, 1.165) is 22.3 Å². The maximum atomic E-state index is 12.4. The van der Waals surface area contributed by atoms with Crippen LogP contribution < -0.4 is 10.6 Å². The van der Waals surface area contributed by atoms with E-state index >= 15 is 0 Å². The summed E-state index contributed by atoms with van der Waals surface area (Å²) in [5.74, 6) is -1.58. The lowest BCUT2D eigenvalue weighted by Crippen LogP contribution is -2.40. The van der Waals surface area contributed by atoms with Gasteiger partial charge in [0.05, 0.1) is 0 Å². The van der Waals surface area contributed by atoms with Crippen molar-refractivity contribution < 1.29 is 24.2 Å². The van der Waals surface area contributed by atoms with Crippen LogP contribution in [-0.4, -0.2) is 35.7 Å². The summed E-state index contributed by atoms with van der Waals surface area (Å²) in [5.41, 5.74) is 5.36. The molecule has 1 aliphatic rings. The van der Waals surface area contributed by atoms with Crippen molar-refractivity contribution in [1.82, 2.24) is 5.32 Å². The van der Waals surface area contributed by atoms with E-state index in [-0.39, 0.29) is 12.5 Å². The van der Waals surface area contributed by atoms with Gasteiger partial charge in [-0.3, -0.25) is 10.1 Å². The van der Waals surface area contributed by atoms with Crippen molar-refractivity contribution >= 4 is 23.7 Å². The Morgan fingerprint density at radius 1 is 0.912 bits per heavy atom. The van der Waals surface area contributed by atoms with E-state index in [1.54, 1.807) is 12.1 Å². The van der Waals surface area contributed by atoms with Crippen LogP contribution in [-0.2, 0) is 9.53 Å². The van der Waals surface area contributed by atoms with Gasteiger partial charge in [0.1, 0.15) is 12.6 Å². The van der Waals surface area contributed by atoms with Crippen molar-refractivity contribution in [3.05, 3.63) is 89.5 Å². The fraction of sp³-hybridized carbons (Fsp3) is 0.222. The number of ether oxygens (including phenoxy) is 1. The van der Waals surface area contributed by atoms with Gasteiger partial charge in [-0.05, 0) is 52.9 Å². The molecule has 0 spiro atoms. The van der Waals surface area contributed by atoms with Crippen LogP contribution in [0.5, 0.6) is 0 Å². The minimum atomic E-state index is -1.07. The zero-order chi connectivity index (χ0) is 24.1. The Kier molecular flexibility index (Phi) is 6.92. The number of carboxylic acids is 1. The zero-order valence-corrected chi connectivity index (χ0v) is 18.8. The molecule has 1 aliphatic carbocycles. The lowest BCUT2D eigenvalue weighted by Gasteiger charge is -2.15. The molecule has 34 heavy (non-hydrogen) atoms. The highest BCUT2D eigenvalue weighted by Crippen LogP contribution is 2.44. The van der Waals surface area contributed by atoms with Crippen LogP contribution >= 0.6 is 0 Å². The average molecular weight is 459 g/mol. The molecule has 2 amide bonds. The van der Waals surface area contributed by atoms with Crippen molar-refractivity contribution in [3.63, 3.8) is 0 Å². The number of aliphatic carboxylic acids is 1. The van der Waals surface area contributed by atoms with Crippen molar-refractivity contribution in [2.75, 3.05) is 11.9 Å². The Balaban J connectivity index is 1.35. The molecule has 0 unspecified atom stereocenters. The number of benzene rings is 3. The first-order valence-electron chi connectivity index (χ1n) is 11.2. The third-order valence-electron chi connectivity index (χ3n) is 5.92. The van der Waals surface area contributed by atoms with E-state index in [0.29, 0.717) is 24.1 Å². The van der Waals surface area contributed by atoms with E-state index < -0.39 is 24.0 Å². The van der Waals surface area contributed by atoms with Gasteiger partial charge in [0.15, 0.2) is 0 Å². The Hall–Kier alpha value is -4.13. The number of amides is 2. The van der Waals surface area contributed by atoms with Gasteiger partial charge >= 0.3 is 12.1 Å². The van der Waals surface area contributed by atoms with E-state index in [1.165, 1.54) is 12.1 Å². The second kappa shape index (κ2) is 10.2. The molecule has 3 aromatic carbocycles.